The van der Waals surface area contributed by atoms with Gasteiger partial charge in [0.15, 0.2) is 0 Å². The minimum Gasteiger partial charge on any atom is -0.324 e. The Morgan fingerprint density at radius 3 is 2.70 bits per heavy atom. The number of hydrogen-bond donors (Lipinski definition) is 1. The largest absolute Gasteiger partial charge is 0.328 e. The quantitative estimate of drug-likeness (QED) is 0.929. The highest BCUT2D eigenvalue weighted by Gasteiger charge is 2.10. The van der Waals surface area contributed by atoms with Crippen molar-refractivity contribution in [1.82, 2.24) is 9.13 Å². The van der Waals surface area contributed by atoms with Crippen LogP contribution in [0.3, 0.4) is 0 Å². The van der Waals surface area contributed by atoms with Gasteiger partial charge in [-0.05, 0) is 32.0 Å². The van der Waals surface area contributed by atoms with Gasteiger partial charge in [-0.25, -0.2) is 9.18 Å². The number of anilines is 1. The van der Waals surface area contributed by atoms with Crippen LogP contribution in [-0.2, 0) is 11.3 Å². The lowest BCUT2D eigenvalue weighted by atomic mass is 10.3. The third-order valence-electron chi connectivity index (χ3n) is 2.85. The van der Waals surface area contributed by atoms with E-state index in [1.54, 1.807) is 18.5 Å². The van der Waals surface area contributed by atoms with Crippen molar-refractivity contribution < 1.29 is 9.18 Å². The van der Waals surface area contributed by atoms with E-state index in [4.69, 9.17) is 0 Å². The first-order valence-corrected chi connectivity index (χ1v) is 6.30. The van der Waals surface area contributed by atoms with E-state index >= 15 is 0 Å². The summed E-state index contributed by atoms with van der Waals surface area (Å²) in [6.07, 6.45) is 3.20. The third-order valence-corrected chi connectivity index (χ3v) is 2.85. The van der Waals surface area contributed by atoms with Gasteiger partial charge in [-0.15, -0.1) is 0 Å². The van der Waals surface area contributed by atoms with Crippen LogP contribution < -0.4 is 11.0 Å². The monoisotopic (exact) mass is 277 g/mol. The van der Waals surface area contributed by atoms with E-state index in [-0.39, 0.29) is 24.2 Å². The molecule has 20 heavy (non-hydrogen) atoms. The summed E-state index contributed by atoms with van der Waals surface area (Å²) in [5, 5.41) is 2.55. The van der Waals surface area contributed by atoms with E-state index in [0.29, 0.717) is 5.69 Å². The number of imidazole rings is 1. The van der Waals surface area contributed by atoms with Crippen molar-refractivity contribution in [2.75, 3.05) is 5.32 Å². The summed E-state index contributed by atoms with van der Waals surface area (Å²) in [6, 6.07) is 5.65. The lowest BCUT2D eigenvalue weighted by Crippen LogP contribution is -2.29. The second-order valence-corrected chi connectivity index (χ2v) is 4.77. The van der Waals surface area contributed by atoms with Crippen molar-refractivity contribution in [3.05, 3.63) is 53.0 Å². The Labute approximate surface area is 115 Å². The van der Waals surface area contributed by atoms with Gasteiger partial charge in [0, 0.05) is 24.1 Å². The molecule has 0 saturated carbocycles. The highest BCUT2D eigenvalue weighted by atomic mass is 19.1. The fourth-order valence-electron chi connectivity index (χ4n) is 1.86. The summed E-state index contributed by atoms with van der Waals surface area (Å²) in [5.41, 5.74) is 0.126. The van der Waals surface area contributed by atoms with Gasteiger partial charge in [-0.3, -0.25) is 13.9 Å². The molecule has 1 heterocycles. The summed E-state index contributed by atoms with van der Waals surface area (Å²) in [4.78, 5) is 23.8. The van der Waals surface area contributed by atoms with Gasteiger partial charge in [0.05, 0.1) is 0 Å². The average molecular weight is 277 g/mol. The Hall–Kier alpha value is -2.37. The van der Waals surface area contributed by atoms with Crippen LogP contribution >= 0.6 is 0 Å². The van der Waals surface area contributed by atoms with Crippen LogP contribution in [-0.4, -0.2) is 15.0 Å². The molecule has 1 aromatic heterocycles. The zero-order chi connectivity index (χ0) is 14.7. The van der Waals surface area contributed by atoms with Crippen LogP contribution in [0.2, 0.25) is 0 Å². The molecule has 1 amide bonds. The molecule has 0 bridgehead atoms. The Kier molecular flexibility index (Phi) is 4.02. The number of benzene rings is 1. The lowest BCUT2D eigenvalue weighted by molar-refractivity contribution is -0.116. The molecule has 0 aliphatic carbocycles. The second kappa shape index (κ2) is 5.73. The number of rotatable bonds is 4. The second-order valence-electron chi connectivity index (χ2n) is 4.77. The summed E-state index contributed by atoms with van der Waals surface area (Å²) in [5.74, 6) is -0.801. The molecule has 0 aliphatic rings. The molecule has 0 aliphatic heterocycles. The normalized spacial score (nSPS) is 10.8. The van der Waals surface area contributed by atoms with Gasteiger partial charge in [0.1, 0.15) is 12.4 Å². The van der Waals surface area contributed by atoms with Gasteiger partial charge < -0.3 is 5.32 Å². The van der Waals surface area contributed by atoms with Crippen LogP contribution in [0.15, 0.2) is 41.5 Å². The number of carbonyl (C=O) groups is 1. The maximum Gasteiger partial charge on any atom is 0.328 e. The Morgan fingerprint density at radius 1 is 1.35 bits per heavy atom. The number of amides is 1. The van der Waals surface area contributed by atoms with Gasteiger partial charge in [0.25, 0.3) is 0 Å². The summed E-state index contributed by atoms with van der Waals surface area (Å²) in [6.45, 7) is 3.67. The molecule has 0 spiro atoms. The van der Waals surface area contributed by atoms with Gasteiger partial charge >= 0.3 is 5.69 Å². The zero-order valence-corrected chi connectivity index (χ0v) is 11.3. The molecular formula is C14H16FN3O2. The maximum absolute atomic E-state index is 13.0. The van der Waals surface area contributed by atoms with E-state index in [2.05, 4.69) is 5.32 Å². The Morgan fingerprint density at radius 2 is 2.10 bits per heavy atom. The van der Waals surface area contributed by atoms with E-state index in [1.165, 1.54) is 27.3 Å². The Balaban J connectivity index is 2.07. The number of nitrogens with zero attached hydrogens (tertiary/aromatic N) is 2. The van der Waals surface area contributed by atoms with Crippen LogP contribution in [0.4, 0.5) is 10.1 Å². The topological polar surface area (TPSA) is 56.0 Å². The number of nitrogens with one attached hydrogen (secondary N) is 1. The molecule has 2 aromatic rings. The first kappa shape index (κ1) is 14.0. The highest BCUT2D eigenvalue weighted by Crippen LogP contribution is 2.09. The first-order valence-electron chi connectivity index (χ1n) is 6.30. The number of aromatic nitrogens is 2. The summed E-state index contributed by atoms with van der Waals surface area (Å²) >= 11 is 0. The van der Waals surface area contributed by atoms with Crippen LogP contribution in [0, 0.1) is 5.82 Å². The molecule has 1 aromatic carbocycles. The number of halogens is 1. The fraction of sp³-hybridized carbons (Fsp3) is 0.286. The molecule has 106 valence electrons. The molecule has 0 atom stereocenters. The predicted octanol–water partition coefficient (Wildman–Crippen LogP) is 2.01. The molecule has 2 rings (SSSR count). The predicted molar refractivity (Wildman–Crippen MR) is 74.1 cm³/mol. The van der Waals surface area contributed by atoms with Crippen molar-refractivity contribution in [3.8, 4) is 0 Å². The summed E-state index contributed by atoms with van der Waals surface area (Å²) < 4.78 is 15.8. The number of carbonyl (C=O) groups excluding carboxylic acids is 1. The van der Waals surface area contributed by atoms with Crippen LogP contribution in [0.1, 0.15) is 19.9 Å². The molecule has 1 N–H and O–H groups in total. The van der Waals surface area contributed by atoms with Crippen molar-refractivity contribution in [2.24, 2.45) is 0 Å². The molecule has 5 nitrogen and oxygen atoms in total. The van der Waals surface area contributed by atoms with Crippen molar-refractivity contribution in [3.63, 3.8) is 0 Å². The maximum atomic E-state index is 13.0. The first-order chi connectivity index (χ1) is 9.47. The fourth-order valence-corrected chi connectivity index (χ4v) is 1.86. The zero-order valence-electron chi connectivity index (χ0n) is 11.3. The van der Waals surface area contributed by atoms with Gasteiger partial charge in [-0.1, -0.05) is 6.07 Å². The van der Waals surface area contributed by atoms with E-state index < -0.39 is 5.82 Å². The molecule has 0 fully saturated rings. The Bertz CT molecular complexity index is 673. The molecule has 0 radical (unpaired) electrons. The highest BCUT2D eigenvalue weighted by molar-refractivity contribution is 5.90. The minimum atomic E-state index is -0.425. The van der Waals surface area contributed by atoms with E-state index in [0.717, 1.165) is 0 Å². The van der Waals surface area contributed by atoms with Crippen molar-refractivity contribution in [1.29, 1.82) is 0 Å². The molecule has 6 heteroatoms. The number of hydrogen-bond acceptors (Lipinski definition) is 2. The van der Waals surface area contributed by atoms with Gasteiger partial charge in [0.2, 0.25) is 5.91 Å². The summed E-state index contributed by atoms with van der Waals surface area (Å²) in [7, 11) is 0. The standard InChI is InChI=1S/C14H16FN3O2/c1-10(2)18-7-6-17(14(18)20)9-13(19)16-12-5-3-4-11(15)8-12/h3-8,10H,9H2,1-2H3,(H,16,19). The minimum absolute atomic E-state index is 0.0371. The molecule has 0 unspecified atom stereocenters. The van der Waals surface area contributed by atoms with E-state index in [1.807, 2.05) is 13.8 Å². The smallest absolute Gasteiger partial charge is 0.324 e. The molecular weight excluding hydrogens is 261 g/mol. The van der Waals surface area contributed by atoms with E-state index in [9.17, 15) is 14.0 Å². The lowest BCUT2D eigenvalue weighted by Gasteiger charge is -2.06. The third kappa shape index (κ3) is 3.14. The van der Waals surface area contributed by atoms with Gasteiger partial charge in [-0.2, -0.15) is 0 Å². The molecule has 0 saturated heterocycles. The van der Waals surface area contributed by atoms with Crippen molar-refractivity contribution in [2.45, 2.75) is 26.4 Å². The van der Waals surface area contributed by atoms with Crippen molar-refractivity contribution >= 4 is 11.6 Å². The SMILES string of the molecule is CC(C)n1ccn(CC(=O)Nc2cccc(F)c2)c1=O. The average Bonchev–Trinajstić information content (AvgIpc) is 2.71. The van der Waals surface area contributed by atoms with Crippen LogP contribution in [0.5, 0.6) is 0 Å². The van der Waals surface area contributed by atoms with Crippen LogP contribution in [0.25, 0.3) is 0 Å².